The van der Waals surface area contributed by atoms with Crippen LogP contribution in [0.2, 0.25) is 5.02 Å². The number of anilines is 1. The summed E-state index contributed by atoms with van der Waals surface area (Å²) in [5.41, 5.74) is 1.64. The van der Waals surface area contributed by atoms with E-state index in [9.17, 15) is 9.59 Å². The minimum absolute atomic E-state index is 0.0115. The van der Waals surface area contributed by atoms with Crippen molar-refractivity contribution in [1.82, 2.24) is 5.32 Å². The Morgan fingerprint density at radius 3 is 2.41 bits per heavy atom. The molecule has 5 nitrogen and oxygen atoms in total. The van der Waals surface area contributed by atoms with Crippen molar-refractivity contribution >= 4 is 29.1 Å². The molecule has 0 bridgehead atoms. The maximum absolute atomic E-state index is 12.2. The minimum atomic E-state index is -0.139. The minimum Gasteiger partial charge on any atom is -0.489 e. The number of hydrogen-bond donors (Lipinski definition) is 1. The van der Waals surface area contributed by atoms with E-state index in [-0.39, 0.29) is 30.9 Å². The van der Waals surface area contributed by atoms with Gasteiger partial charge >= 0.3 is 0 Å². The van der Waals surface area contributed by atoms with Crippen LogP contribution in [0.25, 0.3) is 0 Å². The Balaban J connectivity index is 1.97. The van der Waals surface area contributed by atoms with Crippen LogP contribution >= 0.6 is 11.6 Å². The third-order valence-corrected chi connectivity index (χ3v) is 4.12. The molecule has 2 amide bonds. The number of carbonyl (C=O) groups excluding carboxylic acids is 2. The highest BCUT2D eigenvalue weighted by atomic mass is 35.5. The van der Waals surface area contributed by atoms with Gasteiger partial charge in [-0.15, -0.1) is 0 Å². The fourth-order valence-electron chi connectivity index (χ4n) is 2.59. The van der Waals surface area contributed by atoms with Crippen molar-refractivity contribution in [3.05, 3.63) is 59.1 Å². The van der Waals surface area contributed by atoms with Crippen molar-refractivity contribution in [2.24, 2.45) is 0 Å². The first-order valence-corrected chi connectivity index (χ1v) is 9.29. The summed E-state index contributed by atoms with van der Waals surface area (Å²) < 4.78 is 5.79. The average Bonchev–Trinajstić information content (AvgIpc) is 2.62. The number of amides is 2. The van der Waals surface area contributed by atoms with Crippen molar-refractivity contribution in [2.75, 3.05) is 11.4 Å². The van der Waals surface area contributed by atoms with Gasteiger partial charge in [0.2, 0.25) is 11.8 Å². The highest BCUT2D eigenvalue weighted by molar-refractivity contribution is 6.30. The van der Waals surface area contributed by atoms with Crippen LogP contribution in [-0.2, 0) is 16.1 Å². The summed E-state index contributed by atoms with van der Waals surface area (Å²) in [6.45, 7) is 6.04. The van der Waals surface area contributed by atoms with Gasteiger partial charge in [0.15, 0.2) is 0 Å². The first kappa shape index (κ1) is 20.8. The lowest BCUT2D eigenvalue weighted by atomic mass is 10.2. The molecule has 0 atom stereocenters. The van der Waals surface area contributed by atoms with Gasteiger partial charge in [-0.25, -0.2) is 0 Å². The number of hydrogen-bond acceptors (Lipinski definition) is 3. The molecule has 0 saturated carbocycles. The van der Waals surface area contributed by atoms with E-state index >= 15 is 0 Å². The van der Waals surface area contributed by atoms with Crippen LogP contribution in [0.4, 0.5) is 5.69 Å². The second-order valence-corrected chi connectivity index (χ2v) is 6.89. The Morgan fingerprint density at radius 2 is 1.78 bits per heavy atom. The molecule has 0 aliphatic rings. The zero-order chi connectivity index (χ0) is 19.8. The van der Waals surface area contributed by atoms with Crippen molar-refractivity contribution in [2.45, 2.75) is 39.8 Å². The summed E-state index contributed by atoms with van der Waals surface area (Å²) in [5, 5.41) is 3.52. The van der Waals surface area contributed by atoms with E-state index in [4.69, 9.17) is 16.3 Å². The fraction of sp³-hybridized carbons (Fsp3) is 0.333. The van der Waals surface area contributed by atoms with Crippen LogP contribution in [-0.4, -0.2) is 24.5 Å². The zero-order valence-corrected chi connectivity index (χ0v) is 16.6. The molecule has 0 aliphatic carbocycles. The van der Waals surface area contributed by atoms with E-state index in [1.54, 1.807) is 17.0 Å². The van der Waals surface area contributed by atoms with Crippen LogP contribution in [0, 0.1) is 0 Å². The monoisotopic (exact) mass is 388 g/mol. The lowest BCUT2D eigenvalue weighted by Crippen LogP contribution is -2.34. The highest BCUT2D eigenvalue weighted by Crippen LogP contribution is 2.29. The summed E-state index contributed by atoms with van der Waals surface area (Å²) in [5.74, 6) is 0.364. The van der Waals surface area contributed by atoms with Gasteiger partial charge in [0, 0.05) is 31.5 Å². The van der Waals surface area contributed by atoms with Gasteiger partial charge in [-0.2, -0.15) is 0 Å². The molecule has 0 radical (unpaired) electrons. The van der Waals surface area contributed by atoms with Gasteiger partial charge < -0.3 is 15.0 Å². The molecule has 27 heavy (non-hydrogen) atoms. The van der Waals surface area contributed by atoms with Crippen molar-refractivity contribution < 1.29 is 14.3 Å². The Morgan fingerprint density at radius 1 is 1.11 bits per heavy atom. The van der Waals surface area contributed by atoms with E-state index in [1.807, 2.05) is 50.2 Å². The number of rotatable bonds is 8. The molecule has 2 aromatic rings. The molecular formula is C21H25ClN2O3. The number of halogens is 1. The largest absolute Gasteiger partial charge is 0.489 e. The van der Waals surface area contributed by atoms with E-state index in [2.05, 4.69) is 5.32 Å². The number of para-hydroxylation sites is 2. The lowest BCUT2D eigenvalue weighted by molar-refractivity contribution is -0.121. The quantitative estimate of drug-likeness (QED) is 0.737. The van der Waals surface area contributed by atoms with Crippen LogP contribution < -0.4 is 15.0 Å². The Labute approximate surface area is 165 Å². The van der Waals surface area contributed by atoms with Gasteiger partial charge in [0.1, 0.15) is 5.75 Å². The molecule has 0 spiro atoms. The highest BCUT2D eigenvalue weighted by Gasteiger charge is 2.18. The SMILES string of the molecule is CC(=O)N(CCC(=O)NCc1ccc(Cl)cc1)c1ccccc1OC(C)C. The number of nitrogens with one attached hydrogen (secondary N) is 1. The molecule has 1 N–H and O–H groups in total. The first-order valence-electron chi connectivity index (χ1n) is 8.91. The Bertz CT molecular complexity index is 775. The molecule has 6 heteroatoms. The van der Waals surface area contributed by atoms with Gasteiger partial charge in [0.05, 0.1) is 11.8 Å². The van der Waals surface area contributed by atoms with Crippen molar-refractivity contribution in [1.29, 1.82) is 0 Å². The average molecular weight is 389 g/mol. The summed E-state index contributed by atoms with van der Waals surface area (Å²) in [7, 11) is 0. The molecular weight excluding hydrogens is 364 g/mol. The Hall–Kier alpha value is -2.53. The third-order valence-electron chi connectivity index (χ3n) is 3.86. The standard InChI is InChI=1S/C21H25ClN2O3/c1-15(2)27-20-7-5-4-6-19(20)24(16(3)25)13-12-21(26)23-14-17-8-10-18(22)11-9-17/h4-11,15H,12-14H2,1-3H3,(H,23,26). The van der Waals surface area contributed by atoms with Gasteiger partial charge in [-0.05, 0) is 43.7 Å². The third kappa shape index (κ3) is 6.61. The van der Waals surface area contributed by atoms with Crippen molar-refractivity contribution in [3.8, 4) is 5.75 Å². The molecule has 2 rings (SSSR count). The molecule has 0 aromatic heterocycles. The lowest BCUT2D eigenvalue weighted by Gasteiger charge is -2.24. The molecule has 0 saturated heterocycles. The molecule has 0 aliphatic heterocycles. The molecule has 2 aromatic carbocycles. The summed E-state index contributed by atoms with van der Waals surface area (Å²) in [4.78, 5) is 25.9. The number of ether oxygens (including phenoxy) is 1. The van der Waals surface area contributed by atoms with Crippen LogP contribution in [0.1, 0.15) is 32.8 Å². The van der Waals surface area contributed by atoms with E-state index in [0.717, 1.165) is 5.56 Å². The number of benzene rings is 2. The fourth-order valence-corrected chi connectivity index (χ4v) is 2.71. The first-order chi connectivity index (χ1) is 12.9. The number of nitrogens with zero attached hydrogens (tertiary/aromatic N) is 1. The predicted molar refractivity (Wildman–Crippen MR) is 108 cm³/mol. The van der Waals surface area contributed by atoms with Gasteiger partial charge in [0.25, 0.3) is 0 Å². The number of carbonyl (C=O) groups is 2. The molecule has 144 valence electrons. The zero-order valence-electron chi connectivity index (χ0n) is 15.9. The van der Waals surface area contributed by atoms with E-state index < -0.39 is 0 Å². The van der Waals surface area contributed by atoms with Crippen LogP contribution in [0.3, 0.4) is 0 Å². The van der Waals surface area contributed by atoms with Crippen LogP contribution in [0.5, 0.6) is 5.75 Å². The topological polar surface area (TPSA) is 58.6 Å². The summed E-state index contributed by atoms with van der Waals surface area (Å²) in [6, 6.07) is 14.7. The van der Waals surface area contributed by atoms with Gasteiger partial charge in [-0.1, -0.05) is 35.9 Å². The summed E-state index contributed by atoms with van der Waals surface area (Å²) >= 11 is 5.86. The Kier molecular flexibility index (Phi) is 7.67. The molecule has 0 unspecified atom stereocenters. The second kappa shape index (κ2) is 9.97. The van der Waals surface area contributed by atoms with Gasteiger partial charge in [-0.3, -0.25) is 9.59 Å². The molecule has 0 fully saturated rings. The smallest absolute Gasteiger partial charge is 0.223 e. The van der Waals surface area contributed by atoms with E-state index in [0.29, 0.717) is 23.0 Å². The van der Waals surface area contributed by atoms with Crippen LogP contribution in [0.15, 0.2) is 48.5 Å². The predicted octanol–water partition coefficient (Wildman–Crippen LogP) is 4.19. The molecule has 0 heterocycles. The maximum atomic E-state index is 12.2. The van der Waals surface area contributed by atoms with E-state index in [1.165, 1.54) is 6.92 Å². The second-order valence-electron chi connectivity index (χ2n) is 6.46. The summed E-state index contributed by atoms with van der Waals surface area (Å²) in [6.07, 6.45) is 0.186. The maximum Gasteiger partial charge on any atom is 0.223 e. The normalized spacial score (nSPS) is 10.6. The van der Waals surface area contributed by atoms with Crippen molar-refractivity contribution in [3.63, 3.8) is 0 Å².